The summed E-state index contributed by atoms with van der Waals surface area (Å²) in [6, 6.07) is 12.0. The summed E-state index contributed by atoms with van der Waals surface area (Å²) in [6.45, 7) is 2.81. The smallest absolute Gasteiger partial charge is 0.254 e. The highest BCUT2D eigenvalue weighted by Gasteiger charge is 2.29. The van der Waals surface area contributed by atoms with Crippen LogP contribution in [0.3, 0.4) is 0 Å². The van der Waals surface area contributed by atoms with Gasteiger partial charge in [0.15, 0.2) is 0 Å². The number of carbonyl (C=O) groups is 1. The number of aryl methyl sites for hydroxylation is 1. The maximum Gasteiger partial charge on any atom is 0.254 e. The van der Waals surface area contributed by atoms with Crippen LogP contribution in [0.2, 0.25) is 0 Å². The molecule has 0 N–H and O–H groups in total. The van der Waals surface area contributed by atoms with Crippen LogP contribution in [0.1, 0.15) is 46.8 Å². The lowest BCUT2D eigenvalue weighted by Crippen LogP contribution is -2.38. The predicted molar refractivity (Wildman–Crippen MR) is 119 cm³/mol. The quantitative estimate of drug-likeness (QED) is 0.478. The number of amides is 1. The molecule has 31 heavy (non-hydrogen) atoms. The van der Waals surface area contributed by atoms with Gasteiger partial charge in [-0.3, -0.25) is 9.78 Å². The molecule has 0 aliphatic carbocycles. The Hall–Kier alpha value is -3.39. The van der Waals surface area contributed by atoms with E-state index in [1.807, 2.05) is 35.4 Å². The van der Waals surface area contributed by atoms with Gasteiger partial charge in [0.1, 0.15) is 6.33 Å². The maximum absolute atomic E-state index is 13.7. The largest absolute Gasteiger partial charge is 0.332 e. The van der Waals surface area contributed by atoms with Crippen molar-refractivity contribution >= 4 is 17.2 Å². The zero-order valence-electron chi connectivity index (χ0n) is 17.2. The van der Waals surface area contributed by atoms with Crippen molar-refractivity contribution in [3.05, 3.63) is 77.2 Å². The Bertz CT molecular complexity index is 1190. The number of aromatic nitrogens is 5. The van der Waals surface area contributed by atoms with Crippen molar-refractivity contribution in [1.29, 1.82) is 0 Å². The van der Waals surface area contributed by atoms with E-state index in [2.05, 4.69) is 44.9 Å². The van der Waals surface area contributed by atoms with E-state index < -0.39 is 0 Å². The molecule has 1 aromatic carbocycles. The van der Waals surface area contributed by atoms with Crippen molar-refractivity contribution in [3.8, 4) is 16.1 Å². The molecule has 0 saturated carbocycles. The minimum atomic E-state index is 0.0259. The molecule has 4 aromatic rings. The van der Waals surface area contributed by atoms with E-state index >= 15 is 0 Å². The number of pyridine rings is 1. The van der Waals surface area contributed by atoms with Crippen LogP contribution in [0.25, 0.3) is 16.1 Å². The number of hydrogen-bond donors (Lipinski definition) is 0. The Balaban J connectivity index is 1.56. The standard InChI is InChI=1S/C23H22N6OS/c1-16-9-22(31-14-16)18-10-19(12-20(11-18)29-15-25-26-27-29)23(30)28-8-3-2-6-21(28)17-5-4-7-24-13-17/h4-5,7,9-15,21H,2-3,6,8H2,1H3. The van der Waals surface area contributed by atoms with E-state index in [4.69, 9.17) is 0 Å². The molecule has 1 atom stereocenters. The first kappa shape index (κ1) is 19.6. The second-order valence-electron chi connectivity index (χ2n) is 7.81. The van der Waals surface area contributed by atoms with Gasteiger partial charge in [0.2, 0.25) is 0 Å². The second kappa shape index (κ2) is 8.39. The summed E-state index contributed by atoms with van der Waals surface area (Å²) < 4.78 is 1.59. The molecule has 1 fully saturated rings. The fourth-order valence-corrected chi connectivity index (χ4v) is 5.02. The molecule has 1 amide bonds. The first-order valence-corrected chi connectivity index (χ1v) is 11.2. The van der Waals surface area contributed by atoms with E-state index in [0.29, 0.717) is 5.56 Å². The Kier molecular flexibility index (Phi) is 5.30. The molecule has 5 rings (SSSR count). The molecule has 0 bridgehead atoms. The van der Waals surface area contributed by atoms with Crippen molar-refractivity contribution < 1.29 is 4.79 Å². The van der Waals surface area contributed by atoms with Crippen LogP contribution in [0, 0.1) is 6.92 Å². The van der Waals surface area contributed by atoms with Crippen molar-refractivity contribution in [2.24, 2.45) is 0 Å². The third-order valence-electron chi connectivity index (χ3n) is 5.63. The van der Waals surface area contributed by atoms with Crippen LogP contribution in [-0.2, 0) is 0 Å². The van der Waals surface area contributed by atoms with Gasteiger partial charge in [0, 0.05) is 29.4 Å². The van der Waals surface area contributed by atoms with Crippen molar-refractivity contribution in [2.45, 2.75) is 32.2 Å². The summed E-state index contributed by atoms with van der Waals surface area (Å²) in [5.41, 5.74) is 4.69. The minimum absolute atomic E-state index is 0.0259. The number of nitrogens with zero attached hydrogens (tertiary/aromatic N) is 6. The topological polar surface area (TPSA) is 76.8 Å². The van der Waals surface area contributed by atoms with E-state index in [0.717, 1.165) is 47.5 Å². The van der Waals surface area contributed by atoms with E-state index in [-0.39, 0.29) is 11.9 Å². The third-order valence-corrected chi connectivity index (χ3v) is 6.72. The van der Waals surface area contributed by atoms with Gasteiger partial charge in [-0.25, -0.2) is 4.68 Å². The fourth-order valence-electron chi connectivity index (χ4n) is 4.13. The molecule has 1 unspecified atom stereocenters. The number of tetrazole rings is 1. The molecule has 0 spiro atoms. The Morgan fingerprint density at radius 1 is 1.19 bits per heavy atom. The summed E-state index contributed by atoms with van der Waals surface area (Å²) in [5.74, 6) is 0.0259. The molecule has 8 heteroatoms. The average molecular weight is 431 g/mol. The molecule has 1 aliphatic rings. The lowest BCUT2D eigenvalue weighted by atomic mass is 9.95. The normalized spacial score (nSPS) is 16.4. The van der Waals surface area contributed by atoms with Crippen LogP contribution in [-0.4, -0.2) is 42.5 Å². The second-order valence-corrected chi connectivity index (χ2v) is 8.72. The first-order valence-electron chi connectivity index (χ1n) is 10.3. The van der Waals surface area contributed by atoms with E-state index in [1.165, 1.54) is 5.56 Å². The van der Waals surface area contributed by atoms with Gasteiger partial charge in [-0.05, 0) is 89.0 Å². The number of rotatable bonds is 4. The summed E-state index contributed by atoms with van der Waals surface area (Å²) in [7, 11) is 0. The molecule has 0 radical (unpaired) electrons. The van der Waals surface area contributed by atoms with Gasteiger partial charge in [-0.2, -0.15) is 0 Å². The predicted octanol–water partition coefficient (Wildman–Crippen LogP) is 4.46. The van der Waals surface area contributed by atoms with Crippen molar-refractivity contribution in [3.63, 3.8) is 0 Å². The summed E-state index contributed by atoms with van der Waals surface area (Å²) in [4.78, 5) is 21.1. The number of carbonyl (C=O) groups excluding carboxylic acids is 1. The molecule has 156 valence electrons. The number of thiophene rings is 1. The molecule has 4 heterocycles. The third kappa shape index (κ3) is 3.98. The van der Waals surface area contributed by atoms with Crippen molar-refractivity contribution in [1.82, 2.24) is 30.1 Å². The first-order chi connectivity index (χ1) is 15.2. The van der Waals surface area contributed by atoms with Crippen LogP contribution >= 0.6 is 11.3 Å². The molecule has 3 aromatic heterocycles. The fraction of sp³-hybridized carbons (Fsp3) is 0.261. The molecule has 1 saturated heterocycles. The highest BCUT2D eigenvalue weighted by atomic mass is 32.1. The van der Waals surface area contributed by atoms with Gasteiger partial charge in [0.25, 0.3) is 5.91 Å². The Morgan fingerprint density at radius 2 is 2.13 bits per heavy atom. The number of benzene rings is 1. The van der Waals surface area contributed by atoms with E-state index in [1.54, 1.807) is 28.5 Å². The van der Waals surface area contributed by atoms with Crippen LogP contribution in [0.4, 0.5) is 0 Å². The van der Waals surface area contributed by atoms with Crippen molar-refractivity contribution in [2.75, 3.05) is 6.54 Å². The minimum Gasteiger partial charge on any atom is -0.332 e. The number of hydrogen-bond acceptors (Lipinski definition) is 6. The zero-order valence-corrected chi connectivity index (χ0v) is 18.0. The monoisotopic (exact) mass is 430 g/mol. The maximum atomic E-state index is 13.7. The highest BCUT2D eigenvalue weighted by molar-refractivity contribution is 7.13. The average Bonchev–Trinajstić information content (AvgIpc) is 3.51. The molecule has 1 aliphatic heterocycles. The Labute approximate surface area is 184 Å². The molecular weight excluding hydrogens is 408 g/mol. The number of likely N-dealkylation sites (tertiary alicyclic amines) is 1. The van der Waals surface area contributed by atoms with Gasteiger partial charge in [0.05, 0.1) is 11.7 Å². The van der Waals surface area contributed by atoms with E-state index in [9.17, 15) is 4.79 Å². The lowest BCUT2D eigenvalue weighted by Gasteiger charge is -2.36. The van der Waals surface area contributed by atoms with Gasteiger partial charge in [-0.1, -0.05) is 6.07 Å². The zero-order chi connectivity index (χ0) is 21.2. The summed E-state index contributed by atoms with van der Waals surface area (Å²) in [6.07, 6.45) is 8.24. The van der Waals surface area contributed by atoms with Gasteiger partial charge in [-0.15, -0.1) is 16.4 Å². The number of piperidine rings is 1. The lowest BCUT2D eigenvalue weighted by molar-refractivity contribution is 0.0611. The Morgan fingerprint density at radius 3 is 2.87 bits per heavy atom. The summed E-state index contributed by atoms with van der Waals surface area (Å²) in [5, 5.41) is 13.7. The molecule has 7 nitrogen and oxygen atoms in total. The SMILES string of the molecule is Cc1csc(-c2cc(C(=O)N3CCCCC3c3cccnc3)cc(-n3cnnn3)c2)c1. The molecular formula is C23H22N6OS. The van der Waals surface area contributed by atoms with Crippen LogP contribution in [0.15, 0.2) is 60.5 Å². The summed E-state index contributed by atoms with van der Waals surface area (Å²) >= 11 is 1.67. The van der Waals surface area contributed by atoms with Crippen LogP contribution < -0.4 is 0 Å². The van der Waals surface area contributed by atoms with Gasteiger partial charge < -0.3 is 4.90 Å². The highest BCUT2D eigenvalue weighted by Crippen LogP contribution is 2.34. The van der Waals surface area contributed by atoms with Gasteiger partial charge >= 0.3 is 0 Å². The van der Waals surface area contributed by atoms with Crippen LogP contribution in [0.5, 0.6) is 0 Å².